The van der Waals surface area contributed by atoms with E-state index >= 15 is 0 Å². The molecule has 4 nitrogen and oxygen atoms in total. The summed E-state index contributed by atoms with van der Waals surface area (Å²) >= 11 is 0. The van der Waals surface area contributed by atoms with Crippen LogP contribution in [0.1, 0.15) is 39.8 Å². The second kappa shape index (κ2) is 7.24. The van der Waals surface area contributed by atoms with Crippen LogP contribution in [0.4, 0.5) is 5.82 Å². The Morgan fingerprint density at radius 2 is 2.11 bits per heavy atom. The first-order chi connectivity index (χ1) is 8.99. The van der Waals surface area contributed by atoms with Crippen LogP contribution < -0.4 is 10.2 Å². The molecule has 0 fully saturated rings. The highest BCUT2D eigenvalue weighted by Crippen LogP contribution is 2.21. The molecule has 0 aromatic carbocycles. The van der Waals surface area contributed by atoms with Crippen molar-refractivity contribution in [2.45, 2.75) is 46.2 Å². The van der Waals surface area contributed by atoms with E-state index in [2.05, 4.69) is 54.5 Å². The Morgan fingerprint density at radius 3 is 2.68 bits per heavy atom. The maximum absolute atomic E-state index is 4.68. The molecule has 0 aliphatic carbocycles. The van der Waals surface area contributed by atoms with E-state index in [0.29, 0.717) is 0 Å². The Kier molecular flexibility index (Phi) is 5.96. The molecule has 19 heavy (non-hydrogen) atoms. The highest BCUT2D eigenvalue weighted by atomic mass is 15.2. The molecule has 4 heteroatoms. The van der Waals surface area contributed by atoms with E-state index in [9.17, 15) is 0 Å². The molecule has 0 saturated heterocycles. The minimum atomic E-state index is -0.00165. The number of rotatable bonds is 7. The monoisotopic (exact) mass is 262 g/mol. The molecular formula is C15H26N4. The molecule has 1 aromatic heterocycles. The van der Waals surface area contributed by atoms with Gasteiger partial charge in [-0.05, 0) is 33.7 Å². The molecule has 1 aromatic rings. The number of hydrogen-bond donors (Lipinski definition) is 1. The van der Waals surface area contributed by atoms with Crippen LogP contribution in [0.5, 0.6) is 0 Å². The molecule has 0 radical (unpaired) electrons. The van der Waals surface area contributed by atoms with Crippen molar-refractivity contribution in [2.75, 3.05) is 18.0 Å². The van der Waals surface area contributed by atoms with E-state index in [4.69, 9.17) is 0 Å². The minimum absolute atomic E-state index is 0.00165. The second-order valence-electron chi connectivity index (χ2n) is 5.62. The van der Waals surface area contributed by atoms with Crippen LogP contribution in [0.15, 0.2) is 25.0 Å². The number of anilines is 1. The van der Waals surface area contributed by atoms with Gasteiger partial charge in [0.15, 0.2) is 0 Å². The smallest absolute Gasteiger partial charge is 0.148 e. The fourth-order valence-corrected chi connectivity index (χ4v) is 1.84. The van der Waals surface area contributed by atoms with Gasteiger partial charge in [0, 0.05) is 24.8 Å². The molecule has 0 atom stereocenters. The summed E-state index contributed by atoms with van der Waals surface area (Å²) in [5.41, 5.74) is 0.975. The van der Waals surface area contributed by atoms with Gasteiger partial charge in [0.05, 0.1) is 11.9 Å². The molecule has 0 bridgehead atoms. The van der Waals surface area contributed by atoms with Crippen LogP contribution in [-0.4, -0.2) is 28.6 Å². The average molecular weight is 262 g/mol. The highest BCUT2D eigenvalue weighted by molar-refractivity contribution is 5.40. The zero-order valence-electron chi connectivity index (χ0n) is 12.6. The predicted molar refractivity (Wildman–Crippen MR) is 81.3 cm³/mol. The molecular weight excluding hydrogens is 236 g/mol. The number of hydrogen-bond acceptors (Lipinski definition) is 4. The normalized spacial score (nSPS) is 11.4. The molecule has 1 N–H and O–H groups in total. The number of nitrogens with zero attached hydrogens (tertiary/aromatic N) is 3. The summed E-state index contributed by atoms with van der Waals surface area (Å²) in [5, 5.41) is 3.35. The van der Waals surface area contributed by atoms with Crippen molar-refractivity contribution in [2.24, 2.45) is 0 Å². The van der Waals surface area contributed by atoms with E-state index in [-0.39, 0.29) is 5.54 Å². The summed E-state index contributed by atoms with van der Waals surface area (Å²) in [6.07, 6.45) is 6.66. The largest absolute Gasteiger partial charge is 0.347 e. The zero-order chi connectivity index (χ0) is 14.3. The third-order valence-electron chi connectivity index (χ3n) is 2.80. The fourth-order valence-electron chi connectivity index (χ4n) is 1.84. The molecule has 106 valence electrons. The SMILES string of the molecule is C=CCN(c1cncc(CNCCC)n1)C(C)(C)C. The van der Waals surface area contributed by atoms with E-state index < -0.39 is 0 Å². The summed E-state index contributed by atoms with van der Waals surface area (Å²) in [6, 6.07) is 0. The summed E-state index contributed by atoms with van der Waals surface area (Å²) in [5.74, 6) is 0.906. The van der Waals surface area contributed by atoms with Crippen molar-refractivity contribution in [1.82, 2.24) is 15.3 Å². The number of aromatic nitrogens is 2. The van der Waals surface area contributed by atoms with Gasteiger partial charge in [0.1, 0.15) is 5.82 Å². The minimum Gasteiger partial charge on any atom is -0.347 e. The van der Waals surface area contributed by atoms with E-state index in [1.165, 1.54) is 0 Å². The van der Waals surface area contributed by atoms with Crippen LogP contribution >= 0.6 is 0 Å². The van der Waals surface area contributed by atoms with Crippen molar-refractivity contribution >= 4 is 5.82 Å². The lowest BCUT2D eigenvalue weighted by molar-refractivity contribution is 0.515. The molecule has 1 heterocycles. The van der Waals surface area contributed by atoms with Gasteiger partial charge in [-0.2, -0.15) is 0 Å². The van der Waals surface area contributed by atoms with Crippen molar-refractivity contribution < 1.29 is 0 Å². The van der Waals surface area contributed by atoms with E-state index in [1.54, 1.807) is 0 Å². The van der Waals surface area contributed by atoms with Crippen LogP contribution in [0.2, 0.25) is 0 Å². The van der Waals surface area contributed by atoms with Crippen molar-refractivity contribution in [1.29, 1.82) is 0 Å². The summed E-state index contributed by atoms with van der Waals surface area (Å²) in [7, 11) is 0. The fraction of sp³-hybridized carbons (Fsp3) is 0.600. The van der Waals surface area contributed by atoms with E-state index in [0.717, 1.165) is 37.6 Å². The third-order valence-corrected chi connectivity index (χ3v) is 2.80. The Balaban J connectivity index is 2.85. The van der Waals surface area contributed by atoms with Gasteiger partial charge >= 0.3 is 0 Å². The van der Waals surface area contributed by atoms with Crippen molar-refractivity contribution in [3.05, 3.63) is 30.7 Å². The molecule has 0 saturated carbocycles. The average Bonchev–Trinajstić information content (AvgIpc) is 2.35. The summed E-state index contributed by atoms with van der Waals surface area (Å²) < 4.78 is 0. The van der Waals surface area contributed by atoms with Crippen LogP contribution in [0, 0.1) is 0 Å². The topological polar surface area (TPSA) is 41.1 Å². The quantitative estimate of drug-likeness (QED) is 0.606. The lowest BCUT2D eigenvalue weighted by Gasteiger charge is -2.35. The van der Waals surface area contributed by atoms with Gasteiger partial charge in [-0.1, -0.05) is 13.0 Å². The first-order valence-electron chi connectivity index (χ1n) is 6.89. The van der Waals surface area contributed by atoms with E-state index in [1.807, 2.05) is 18.5 Å². The van der Waals surface area contributed by atoms with Crippen molar-refractivity contribution in [3.8, 4) is 0 Å². The summed E-state index contributed by atoms with van der Waals surface area (Å²) in [6.45, 7) is 15.0. The van der Waals surface area contributed by atoms with Gasteiger partial charge in [0.2, 0.25) is 0 Å². The van der Waals surface area contributed by atoms with Crippen LogP contribution in [-0.2, 0) is 6.54 Å². The Labute approximate surface area is 117 Å². The maximum Gasteiger partial charge on any atom is 0.148 e. The van der Waals surface area contributed by atoms with Gasteiger partial charge in [-0.25, -0.2) is 4.98 Å². The molecule has 1 rings (SSSR count). The van der Waals surface area contributed by atoms with Gasteiger partial charge < -0.3 is 10.2 Å². The lowest BCUT2D eigenvalue weighted by atomic mass is 10.1. The predicted octanol–water partition coefficient (Wildman–Crippen LogP) is 2.77. The zero-order valence-corrected chi connectivity index (χ0v) is 12.6. The first-order valence-corrected chi connectivity index (χ1v) is 6.89. The summed E-state index contributed by atoms with van der Waals surface area (Å²) in [4.78, 5) is 11.2. The first kappa shape index (κ1) is 15.6. The van der Waals surface area contributed by atoms with Crippen LogP contribution in [0.25, 0.3) is 0 Å². The Morgan fingerprint density at radius 1 is 1.37 bits per heavy atom. The van der Waals surface area contributed by atoms with Crippen molar-refractivity contribution in [3.63, 3.8) is 0 Å². The van der Waals surface area contributed by atoms with Gasteiger partial charge in [0.25, 0.3) is 0 Å². The maximum atomic E-state index is 4.68. The molecule has 0 unspecified atom stereocenters. The van der Waals surface area contributed by atoms with Gasteiger partial charge in [-0.15, -0.1) is 6.58 Å². The second-order valence-corrected chi connectivity index (χ2v) is 5.62. The lowest BCUT2D eigenvalue weighted by Crippen LogP contribution is -2.42. The van der Waals surface area contributed by atoms with Crippen LogP contribution in [0.3, 0.4) is 0 Å². The van der Waals surface area contributed by atoms with Gasteiger partial charge in [-0.3, -0.25) is 4.98 Å². The molecule has 0 amide bonds. The standard InChI is InChI=1S/C15H26N4/c1-6-8-16-10-13-11-17-12-14(18-13)19(9-7-2)15(3,4)5/h7,11-12,16H,2,6,8-10H2,1,3-5H3. The molecule has 0 spiro atoms. The Bertz CT molecular complexity index is 395. The Hall–Kier alpha value is -1.42. The molecule has 0 aliphatic rings. The third kappa shape index (κ3) is 4.99. The highest BCUT2D eigenvalue weighted by Gasteiger charge is 2.21. The number of nitrogens with one attached hydrogen (secondary N) is 1. The molecule has 0 aliphatic heterocycles.